The molecule has 0 saturated carbocycles. The number of carbonyl (C=O) groups is 1. The molecule has 10 heteroatoms. The van der Waals surface area contributed by atoms with Gasteiger partial charge in [0.2, 0.25) is 15.9 Å². The van der Waals surface area contributed by atoms with Crippen molar-refractivity contribution in [3.63, 3.8) is 0 Å². The molecule has 0 fully saturated rings. The second-order valence-electron chi connectivity index (χ2n) is 5.81. The zero-order chi connectivity index (χ0) is 18.6. The molecule has 1 unspecified atom stereocenters. The predicted molar refractivity (Wildman–Crippen MR) is 97.2 cm³/mol. The molecule has 2 rings (SSSR count). The predicted octanol–water partition coefficient (Wildman–Crippen LogP) is 3.05. The first-order chi connectivity index (χ1) is 11.7. The average molecular weight is 405 g/mol. The van der Waals surface area contributed by atoms with Gasteiger partial charge in [-0.05, 0) is 24.5 Å². The normalized spacial score (nSPS) is 13.0. The molecule has 1 aromatic heterocycles. The Morgan fingerprint density at radius 2 is 1.88 bits per heavy atom. The summed E-state index contributed by atoms with van der Waals surface area (Å²) in [5.74, 6) is -0.0691. The molecule has 1 atom stereocenters. The third-order valence-corrected chi connectivity index (χ3v) is 5.69. The zero-order valence-electron chi connectivity index (χ0n) is 13.6. The standard InChI is InChI=1S/C15H18Cl2N4O3S/c1-9(2)8-12(15(22)19-13-6-7-18-20-13)21-25(23,24)14-10(16)4-3-5-11(14)17/h3-7,9,12,21H,8H2,1-2H3,(H2,18,19,20,22). The van der Waals surface area contributed by atoms with E-state index in [2.05, 4.69) is 20.2 Å². The Morgan fingerprint density at radius 1 is 1.24 bits per heavy atom. The third-order valence-electron chi connectivity index (χ3n) is 3.27. The minimum Gasteiger partial charge on any atom is -0.310 e. The number of rotatable bonds is 7. The molecule has 3 N–H and O–H groups in total. The molecule has 136 valence electrons. The molecular formula is C15H18Cl2N4O3S. The van der Waals surface area contributed by atoms with Gasteiger partial charge in [-0.2, -0.15) is 9.82 Å². The van der Waals surface area contributed by atoms with Crippen molar-refractivity contribution in [3.8, 4) is 0 Å². The summed E-state index contributed by atoms with van der Waals surface area (Å²) >= 11 is 12.0. The molecule has 0 aliphatic heterocycles. The van der Waals surface area contributed by atoms with Crippen LogP contribution in [0.2, 0.25) is 10.0 Å². The van der Waals surface area contributed by atoms with E-state index in [1.54, 1.807) is 12.1 Å². The van der Waals surface area contributed by atoms with Crippen LogP contribution in [0, 0.1) is 5.92 Å². The summed E-state index contributed by atoms with van der Waals surface area (Å²) in [5, 5.41) is 8.86. The first-order valence-electron chi connectivity index (χ1n) is 7.47. The maximum atomic E-state index is 12.7. The van der Waals surface area contributed by atoms with E-state index in [0.29, 0.717) is 12.2 Å². The zero-order valence-corrected chi connectivity index (χ0v) is 15.9. The van der Waals surface area contributed by atoms with Gasteiger partial charge in [0.15, 0.2) is 0 Å². The van der Waals surface area contributed by atoms with Crippen molar-refractivity contribution in [2.45, 2.75) is 31.2 Å². The fourth-order valence-electron chi connectivity index (χ4n) is 2.21. The maximum absolute atomic E-state index is 12.7. The van der Waals surface area contributed by atoms with Gasteiger partial charge >= 0.3 is 0 Å². The largest absolute Gasteiger partial charge is 0.310 e. The Bertz CT molecular complexity index is 818. The number of H-pyrrole nitrogens is 1. The highest BCUT2D eigenvalue weighted by Crippen LogP contribution is 2.29. The average Bonchev–Trinajstić information content (AvgIpc) is 2.98. The van der Waals surface area contributed by atoms with Crippen LogP contribution in [0.1, 0.15) is 20.3 Å². The lowest BCUT2D eigenvalue weighted by molar-refractivity contribution is -0.118. The Morgan fingerprint density at radius 3 is 2.40 bits per heavy atom. The number of aromatic amines is 1. The second kappa shape index (κ2) is 8.18. The molecule has 25 heavy (non-hydrogen) atoms. The number of sulfonamides is 1. The highest BCUT2D eigenvalue weighted by Gasteiger charge is 2.29. The van der Waals surface area contributed by atoms with Gasteiger partial charge in [-0.25, -0.2) is 8.42 Å². The topological polar surface area (TPSA) is 104 Å². The van der Waals surface area contributed by atoms with E-state index >= 15 is 0 Å². The van der Waals surface area contributed by atoms with Gasteiger partial charge in [-0.3, -0.25) is 9.89 Å². The van der Waals surface area contributed by atoms with Gasteiger partial charge in [0, 0.05) is 6.07 Å². The Balaban J connectivity index is 2.28. The lowest BCUT2D eigenvalue weighted by Crippen LogP contribution is -2.44. The van der Waals surface area contributed by atoms with E-state index in [0.717, 1.165) is 0 Å². The van der Waals surface area contributed by atoms with Gasteiger partial charge in [0.05, 0.1) is 16.2 Å². The van der Waals surface area contributed by atoms with Gasteiger partial charge in [0.1, 0.15) is 16.8 Å². The van der Waals surface area contributed by atoms with Crippen molar-refractivity contribution >= 4 is 45.0 Å². The Hall–Kier alpha value is -1.61. The summed E-state index contributed by atoms with van der Waals surface area (Å²) in [6.45, 7) is 3.76. The van der Waals surface area contributed by atoms with Crippen LogP contribution < -0.4 is 10.0 Å². The Kier molecular flexibility index (Phi) is 6.45. The molecular weight excluding hydrogens is 387 g/mol. The number of halogens is 2. The van der Waals surface area contributed by atoms with E-state index in [1.807, 2.05) is 13.8 Å². The number of amides is 1. The lowest BCUT2D eigenvalue weighted by Gasteiger charge is -2.20. The molecule has 0 aliphatic rings. The van der Waals surface area contributed by atoms with Crippen molar-refractivity contribution in [2.75, 3.05) is 5.32 Å². The number of carbonyl (C=O) groups excluding carboxylic acids is 1. The summed E-state index contributed by atoms with van der Waals surface area (Å²) in [4.78, 5) is 12.2. The molecule has 7 nitrogen and oxygen atoms in total. The molecule has 1 heterocycles. The smallest absolute Gasteiger partial charge is 0.244 e. The van der Waals surface area contributed by atoms with E-state index in [4.69, 9.17) is 23.2 Å². The molecule has 0 bridgehead atoms. The van der Waals surface area contributed by atoms with Crippen molar-refractivity contribution in [1.82, 2.24) is 14.9 Å². The van der Waals surface area contributed by atoms with Crippen molar-refractivity contribution < 1.29 is 13.2 Å². The van der Waals surface area contributed by atoms with E-state index in [9.17, 15) is 13.2 Å². The fourth-order valence-corrected chi connectivity index (χ4v) is 4.56. The van der Waals surface area contributed by atoms with Crippen LogP contribution in [0.15, 0.2) is 35.4 Å². The van der Waals surface area contributed by atoms with Crippen molar-refractivity contribution in [3.05, 3.63) is 40.5 Å². The van der Waals surface area contributed by atoms with Gasteiger partial charge in [-0.15, -0.1) is 0 Å². The minimum atomic E-state index is -4.09. The second-order valence-corrected chi connectivity index (χ2v) is 8.28. The number of hydrogen-bond donors (Lipinski definition) is 3. The molecule has 0 spiro atoms. The van der Waals surface area contributed by atoms with Crippen LogP contribution in [-0.2, 0) is 14.8 Å². The number of anilines is 1. The lowest BCUT2D eigenvalue weighted by atomic mass is 10.0. The highest BCUT2D eigenvalue weighted by molar-refractivity contribution is 7.89. The van der Waals surface area contributed by atoms with Crippen LogP contribution in [0.3, 0.4) is 0 Å². The summed E-state index contributed by atoms with van der Waals surface area (Å²) < 4.78 is 27.8. The molecule has 1 amide bonds. The SMILES string of the molecule is CC(C)CC(NS(=O)(=O)c1c(Cl)cccc1Cl)C(=O)Nc1ccn[nH]1. The number of benzene rings is 1. The van der Waals surface area contributed by atoms with Crippen LogP contribution in [0.5, 0.6) is 0 Å². The van der Waals surface area contributed by atoms with Gasteiger partial charge in [0.25, 0.3) is 0 Å². The number of aromatic nitrogens is 2. The molecule has 1 aromatic carbocycles. The number of nitrogens with zero attached hydrogens (tertiary/aromatic N) is 1. The van der Waals surface area contributed by atoms with Gasteiger partial charge in [-0.1, -0.05) is 43.1 Å². The Labute approximate surface area is 156 Å². The van der Waals surface area contributed by atoms with Crippen LogP contribution >= 0.6 is 23.2 Å². The number of hydrogen-bond acceptors (Lipinski definition) is 4. The quantitative estimate of drug-likeness (QED) is 0.659. The minimum absolute atomic E-state index is 0.0164. The van der Waals surface area contributed by atoms with Crippen LogP contribution in [-0.4, -0.2) is 30.6 Å². The van der Waals surface area contributed by atoms with E-state index < -0.39 is 22.0 Å². The number of nitrogens with one attached hydrogen (secondary N) is 3. The highest BCUT2D eigenvalue weighted by atomic mass is 35.5. The first kappa shape index (κ1) is 19.7. The summed E-state index contributed by atoms with van der Waals surface area (Å²) in [7, 11) is -4.09. The fraction of sp³-hybridized carbons (Fsp3) is 0.333. The van der Waals surface area contributed by atoms with E-state index in [-0.39, 0.29) is 20.9 Å². The van der Waals surface area contributed by atoms with Gasteiger partial charge < -0.3 is 5.32 Å². The van der Waals surface area contributed by atoms with Crippen LogP contribution in [0.25, 0.3) is 0 Å². The summed E-state index contributed by atoms with van der Waals surface area (Å²) in [5.41, 5.74) is 0. The van der Waals surface area contributed by atoms with Crippen molar-refractivity contribution in [2.24, 2.45) is 5.92 Å². The monoisotopic (exact) mass is 404 g/mol. The summed E-state index contributed by atoms with van der Waals surface area (Å²) in [6.07, 6.45) is 1.77. The van der Waals surface area contributed by atoms with Crippen LogP contribution in [0.4, 0.5) is 5.82 Å². The maximum Gasteiger partial charge on any atom is 0.244 e. The molecule has 2 aromatic rings. The summed E-state index contributed by atoms with van der Waals surface area (Å²) in [6, 6.07) is 4.94. The van der Waals surface area contributed by atoms with Crippen molar-refractivity contribution in [1.29, 1.82) is 0 Å². The third kappa shape index (κ3) is 5.18. The molecule has 0 radical (unpaired) electrons. The first-order valence-corrected chi connectivity index (χ1v) is 9.71. The molecule has 0 aliphatic carbocycles. The molecule has 0 saturated heterocycles. The van der Waals surface area contributed by atoms with E-state index in [1.165, 1.54) is 18.3 Å².